The molecule has 0 aliphatic rings. The lowest BCUT2D eigenvalue weighted by Crippen LogP contribution is -2.01. The molecule has 2 rings (SSSR count). The Kier molecular flexibility index (Phi) is 3.52. The molecule has 18 heavy (non-hydrogen) atoms. The predicted molar refractivity (Wildman–Crippen MR) is 69.4 cm³/mol. The van der Waals surface area contributed by atoms with Crippen molar-refractivity contribution in [3.05, 3.63) is 64.0 Å². The molecule has 0 unspecified atom stereocenters. The van der Waals surface area contributed by atoms with Crippen molar-refractivity contribution < 1.29 is 4.92 Å². The van der Waals surface area contributed by atoms with Gasteiger partial charge >= 0.3 is 0 Å². The Morgan fingerprint density at radius 1 is 1.39 bits per heavy atom. The Morgan fingerprint density at radius 2 is 2.22 bits per heavy atom. The molecule has 0 atom stereocenters. The fourth-order valence-corrected chi connectivity index (χ4v) is 1.63. The summed E-state index contributed by atoms with van der Waals surface area (Å²) >= 11 is 0. The second kappa shape index (κ2) is 5.27. The Morgan fingerprint density at radius 3 is 2.89 bits per heavy atom. The standard InChI is InChI=1S/C13H13N3O2/c1-10-4-5-11(7-13(10)16(17)18)8-15-12-3-2-6-14-9-12/h2-7,9,15H,8H2,1H3. The van der Waals surface area contributed by atoms with Crippen molar-refractivity contribution in [2.24, 2.45) is 0 Å². The van der Waals surface area contributed by atoms with Crippen molar-refractivity contribution in [3.63, 3.8) is 0 Å². The van der Waals surface area contributed by atoms with Gasteiger partial charge in [-0.1, -0.05) is 12.1 Å². The first-order chi connectivity index (χ1) is 8.66. The van der Waals surface area contributed by atoms with Crippen molar-refractivity contribution in [2.45, 2.75) is 13.5 Å². The number of pyridine rings is 1. The third kappa shape index (κ3) is 2.82. The zero-order valence-electron chi connectivity index (χ0n) is 9.96. The molecular weight excluding hydrogens is 230 g/mol. The number of benzene rings is 1. The van der Waals surface area contributed by atoms with Gasteiger partial charge in [-0.05, 0) is 24.6 Å². The summed E-state index contributed by atoms with van der Waals surface area (Å²) in [6.45, 7) is 2.27. The molecule has 1 aromatic carbocycles. The molecule has 1 N–H and O–H groups in total. The van der Waals surface area contributed by atoms with Gasteiger partial charge in [-0.2, -0.15) is 0 Å². The van der Waals surface area contributed by atoms with E-state index in [2.05, 4.69) is 10.3 Å². The van der Waals surface area contributed by atoms with Gasteiger partial charge in [-0.3, -0.25) is 15.1 Å². The third-order valence-electron chi connectivity index (χ3n) is 2.63. The molecule has 0 saturated heterocycles. The number of anilines is 1. The Hall–Kier alpha value is -2.43. The minimum Gasteiger partial charge on any atom is -0.380 e. The van der Waals surface area contributed by atoms with Crippen molar-refractivity contribution in [2.75, 3.05) is 5.32 Å². The highest BCUT2D eigenvalue weighted by molar-refractivity contribution is 5.45. The molecule has 1 heterocycles. The highest BCUT2D eigenvalue weighted by Gasteiger charge is 2.10. The van der Waals surface area contributed by atoms with E-state index < -0.39 is 0 Å². The lowest BCUT2D eigenvalue weighted by atomic mass is 10.1. The highest BCUT2D eigenvalue weighted by Crippen LogP contribution is 2.19. The zero-order valence-corrected chi connectivity index (χ0v) is 9.96. The van der Waals surface area contributed by atoms with E-state index in [9.17, 15) is 10.1 Å². The van der Waals surface area contributed by atoms with E-state index in [0.29, 0.717) is 12.1 Å². The van der Waals surface area contributed by atoms with E-state index >= 15 is 0 Å². The van der Waals surface area contributed by atoms with Gasteiger partial charge in [0.2, 0.25) is 0 Å². The number of nitro benzene ring substituents is 1. The van der Waals surface area contributed by atoms with Crippen LogP contribution in [-0.2, 0) is 6.54 Å². The van der Waals surface area contributed by atoms with Gasteiger partial charge in [-0.25, -0.2) is 0 Å². The van der Waals surface area contributed by atoms with E-state index in [1.165, 1.54) is 0 Å². The van der Waals surface area contributed by atoms with Crippen molar-refractivity contribution in [1.29, 1.82) is 0 Å². The van der Waals surface area contributed by atoms with E-state index in [1.807, 2.05) is 18.2 Å². The molecule has 0 fully saturated rings. The maximum atomic E-state index is 10.8. The third-order valence-corrected chi connectivity index (χ3v) is 2.63. The smallest absolute Gasteiger partial charge is 0.272 e. The zero-order chi connectivity index (χ0) is 13.0. The normalized spacial score (nSPS) is 10.1. The van der Waals surface area contributed by atoms with Crippen LogP contribution in [0.5, 0.6) is 0 Å². The summed E-state index contributed by atoms with van der Waals surface area (Å²) in [6.07, 6.45) is 3.41. The SMILES string of the molecule is Cc1ccc(CNc2cccnc2)cc1[N+](=O)[O-]. The summed E-state index contributed by atoms with van der Waals surface area (Å²) in [5, 5.41) is 14.0. The Labute approximate surface area is 105 Å². The van der Waals surface area contributed by atoms with Crippen LogP contribution in [0.2, 0.25) is 0 Å². The number of hydrogen-bond acceptors (Lipinski definition) is 4. The molecule has 5 heteroatoms. The van der Waals surface area contributed by atoms with Gasteiger partial charge in [0, 0.05) is 30.6 Å². The largest absolute Gasteiger partial charge is 0.380 e. The van der Waals surface area contributed by atoms with Crippen LogP contribution in [-0.4, -0.2) is 9.91 Å². The lowest BCUT2D eigenvalue weighted by Gasteiger charge is -2.06. The van der Waals surface area contributed by atoms with Crippen molar-refractivity contribution in [3.8, 4) is 0 Å². The summed E-state index contributed by atoms with van der Waals surface area (Å²) < 4.78 is 0. The van der Waals surface area contributed by atoms with E-state index in [-0.39, 0.29) is 10.6 Å². The van der Waals surface area contributed by atoms with Crippen LogP contribution in [0.4, 0.5) is 11.4 Å². The van der Waals surface area contributed by atoms with E-state index in [1.54, 1.807) is 31.5 Å². The molecule has 0 aliphatic heterocycles. The summed E-state index contributed by atoms with van der Waals surface area (Å²) in [5.74, 6) is 0. The molecule has 0 bridgehead atoms. The molecule has 92 valence electrons. The van der Waals surface area contributed by atoms with Crippen LogP contribution in [0.1, 0.15) is 11.1 Å². The quantitative estimate of drug-likeness (QED) is 0.662. The minimum atomic E-state index is -0.358. The maximum absolute atomic E-state index is 10.8. The summed E-state index contributed by atoms with van der Waals surface area (Å²) in [7, 11) is 0. The number of hydrogen-bond donors (Lipinski definition) is 1. The number of aryl methyl sites for hydroxylation is 1. The number of aromatic nitrogens is 1. The number of nitrogens with one attached hydrogen (secondary N) is 1. The molecule has 0 saturated carbocycles. The minimum absolute atomic E-state index is 0.153. The Balaban J connectivity index is 2.11. The molecular formula is C13H13N3O2. The van der Waals surface area contributed by atoms with Crippen LogP contribution in [0.15, 0.2) is 42.7 Å². The van der Waals surface area contributed by atoms with Crippen LogP contribution < -0.4 is 5.32 Å². The van der Waals surface area contributed by atoms with Gasteiger partial charge in [0.15, 0.2) is 0 Å². The first-order valence-electron chi connectivity index (χ1n) is 5.54. The average molecular weight is 243 g/mol. The molecule has 0 radical (unpaired) electrons. The monoisotopic (exact) mass is 243 g/mol. The fraction of sp³-hybridized carbons (Fsp3) is 0.154. The lowest BCUT2D eigenvalue weighted by molar-refractivity contribution is -0.385. The maximum Gasteiger partial charge on any atom is 0.272 e. The second-order valence-electron chi connectivity index (χ2n) is 3.97. The van der Waals surface area contributed by atoms with Gasteiger partial charge in [0.05, 0.1) is 10.6 Å². The molecule has 1 aromatic heterocycles. The van der Waals surface area contributed by atoms with Gasteiger partial charge < -0.3 is 5.32 Å². The summed E-state index contributed by atoms with van der Waals surface area (Å²) in [6, 6.07) is 8.97. The van der Waals surface area contributed by atoms with Crippen molar-refractivity contribution in [1.82, 2.24) is 4.98 Å². The number of nitro groups is 1. The summed E-state index contributed by atoms with van der Waals surface area (Å²) in [5.41, 5.74) is 2.59. The molecule has 0 spiro atoms. The van der Waals surface area contributed by atoms with Gasteiger partial charge in [0.1, 0.15) is 0 Å². The topological polar surface area (TPSA) is 68.1 Å². The number of rotatable bonds is 4. The fourth-order valence-electron chi connectivity index (χ4n) is 1.63. The Bertz CT molecular complexity index is 555. The van der Waals surface area contributed by atoms with E-state index in [4.69, 9.17) is 0 Å². The van der Waals surface area contributed by atoms with Crippen LogP contribution in [0.3, 0.4) is 0 Å². The van der Waals surface area contributed by atoms with Crippen LogP contribution in [0, 0.1) is 17.0 Å². The highest BCUT2D eigenvalue weighted by atomic mass is 16.6. The predicted octanol–water partition coefficient (Wildman–Crippen LogP) is 2.91. The van der Waals surface area contributed by atoms with E-state index in [0.717, 1.165) is 11.3 Å². The van der Waals surface area contributed by atoms with Crippen LogP contribution in [0.25, 0.3) is 0 Å². The molecule has 0 amide bonds. The first kappa shape index (κ1) is 12.0. The van der Waals surface area contributed by atoms with Crippen LogP contribution >= 0.6 is 0 Å². The van der Waals surface area contributed by atoms with Gasteiger partial charge in [0.25, 0.3) is 5.69 Å². The summed E-state index contributed by atoms with van der Waals surface area (Å²) in [4.78, 5) is 14.5. The number of nitrogens with zero attached hydrogens (tertiary/aromatic N) is 2. The molecule has 5 nitrogen and oxygen atoms in total. The van der Waals surface area contributed by atoms with Crippen molar-refractivity contribution >= 4 is 11.4 Å². The average Bonchev–Trinajstić information content (AvgIpc) is 2.38. The molecule has 2 aromatic rings. The van der Waals surface area contributed by atoms with Gasteiger partial charge in [-0.15, -0.1) is 0 Å². The first-order valence-corrected chi connectivity index (χ1v) is 5.54. The molecule has 0 aliphatic carbocycles. The second-order valence-corrected chi connectivity index (χ2v) is 3.97.